The molecule has 3 rings (SSSR count). The molecule has 1 aliphatic heterocycles. The highest BCUT2D eigenvalue weighted by molar-refractivity contribution is 7.80. The summed E-state index contributed by atoms with van der Waals surface area (Å²) in [7, 11) is 1.76. The van der Waals surface area contributed by atoms with Crippen LogP contribution in [0.25, 0.3) is 15.8 Å². The topological polar surface area (TPSA) is 105 Å². The normalized spacial score (nSPS) is 13.2. The highest BCUT2D eigenvalue weighted by atomic mass is 35.5. The monoisotopic (exact) mass is 712 g/mol. The van der Waals surface area contributed by atoms with Gasteiger partial charge in [0.15, 0.2) is 0 Å². The second kappa shape index (κ2) is 19.6. The van der Waals surface area contributed by atoms with Crippen molar-refractivity contribution in [3.05, 3.63) is 22.6 Å². The number of amides is 1. The number of nitriles is 1. The van der Waals surface area contributed by atoms with Crippen molar-refractivity contribution in [2.45, 2.75) is 38.8 Å². The number of methoxy groups -OCH3 is 1. The average molecular weight is 713 g/mol. The van der Waals surface area contributed by atoms with Crippen molar-refractivity contribution in [2.24, 2.45) is 0 Å². The van der Waals surface area contributed by atoms with E-state index < -0.39 is 14.2 Å². The van der Waals surface area contributed by atoms with Crippen LogP contribution >= 0.6 is 46.5 Å². The number of fused-ring (bicyclic) bond motifs is 3. The molecule has 0 saturated carbocycles. The molecule has 0 spiro atoms. The zero-order valence-electron chi connectivity index (χ0n) is 26.7. The first kappa shape index (κ1) is 37.4. The third-order valence-electron chi connectivity index (χ3n) is 7.36. The number of nitrogens with zero attached hydrogens (tertiary/aromatic N) is 2. The van der Waals surface area contributed by atoms with Gasteiger partial charge < -0.3 is 34.5 Å². The van der Waals surface area contributed by atoms with Crippen molar-refractivity contribution in [3.63, 3.8) is 0 Å². The number of hydrogen-bond acceptors (Lipinski definition) is 10. The number of carbonyl (C=O) groups excluding carboxylic acids is 1. The number of alkyl halides is 1. The molecule has 9 nitrogen and oxygen atoms in total. The Morgan fingerprint density at radius 1 is 1.00 bits per heavy atom. The van der Waals surface area contributed by atoms with Gasteiger partial charge in [-0.2, -0.15) is 5.26 Å². The van der Waals surface area contributed by atoms with Crippen molar-refractivity contribution in [1.29, 1.82) is 5.26 Å². The van der Waals surface area contributed by atoms with Gasteiger partial charge in [0.2, 0.25) is 0 Å². The van der Waals surface area contributed by atoms with E-state index in [1.165, 1.54) is 20.1 Å². The van der Waals surface area contributed by atoms with Crippen LogP contribution in [0.2, 0.25) is 13.1 Å². The number of likely N-dealkylation sites (N-methyl/N-ethyl adjacent to an activating group) is 1. The third-order valence-corrected chi connectivity index (χ3v) is 14.3. The fourth-order valence-corrected chi connectivity index (χ4v) is 12.3. The van der Waals surface area contributed by atoms with Gasteiger partial charge in [0.25, 0.3) is 0 Å². The first-order chi connectivity index (χ1) is 21.7. The Kier molecular flexibility index (Phi) is 16.3. The molecular formula is C31H45ClN4O5S3Si. The minimum atomic E-state index is -1.89. The molecule has 0 aliphatic carbocycles. The van der Waals surface area contributed by atoms with Crippen LogP contribution in [0.5, 0.6) is 0 Å². The minimum Gasteiger partial charge on any atom is -0.448 e. The molecule has 2 aromatic rings. The lowest BCUT2D eigenvalue weighted by Crippen LogP contribution is -2.48. The number of carbonyl (C=O) groups is 1. The van der Waals surface area contributed by atoms with Crippen molar-refractivity contribution in [3.8, 4) is 15.8 Å². The Labute approximate surface area is 286 Å². The summed E-state index contributed by atoms with van der Waals surface area (Å²) < 4.78 is 21.5. The van der Waals surface area contributed by atoms with Crippen LogP contribution in [0.3, 0.4) is 0 Å². The summed E-state index contributed by atoms with van der Waals surface area (Å²) in [6.07, 6.45) is 5.81. The van der Waals surface area contributed by atoms with Gasteiger partial charge in [-0.05, 0) is 41.4 Å². The van der Waals surface area contributed by atoms with E-state index in [1.807, 2.05) is 13.1 Å². The fraction of sp³-hybridized carbons (Fsp3) is 0.581. The predicted octanol–water partition coefficient (Wildman–Crippen LogP) is 5.08. The van der Waals surface area contributed by atoms with Gasteiger partial charge in [-0.25, -0.2) is 4.79 Å². The first-order valence-electron chi connectivity index (χ1n) is 15.2. The molecule has 1 aliphatic rings. The largest absolute Gasteiger partial charge is 0.448 e. The standard InChI is InChI=1S/C31H45ClN4O5S3Si/c1-36(12-16-41-31(37)35-11-15-40-18-17-39-13-8-6-5-7-9-32)27-21-26-29(44-27)28-25(45(26,3)4)20-24(43-28)19-23(22-33)30(42)34-10-14-38-2/h19-21H,5-18H2,1-4H3,(H,34,42)(H,35,37)/b23-19+. The second-order valence-corrected chi connectivity index (χ2v) is 18.3. The number of unbranched alkanes of at least 4 members (excludes halogenated alkanes) is 3. The molecule has 2 aromatic heterocycles. The Hall–Kier alpha value is -2.02. The number of alkyl carbamates (subject to hydrolysis) is 1. The summed E-state index contributed by atoms with van der Waals surface area (Å²) in [5.74, 6) is 0.722. The van der Waals surface area contributed by atoms with Crippen molar-refractivity contribution < 1.29 is 23.7 Å². The van der Waals surface area contributed by atoms with Crippen molar-refractivity contribution >= 4 is 87.1 Å². The number of nitrogens with one attached hydrogen (secondary N) is 2. The number of anilines is 1. The molecule has 0 unspecified atom stereocenters. The van der Waals surface area contributed by atoms with E-state index in [0.717, 1.165) is 48.0 Å². The van der Waals surface area contributed by atoms with Crippen LogP contribution in [0.4, 0.5) is 9.80 Å². The van der Waals surface area contributed by atoms with Crippen molar-refractivity contribution in [1.82, 2.24) is 10.6 Å². The number of ether oxygens (including phenoxy) is 4. The van der Waals surface area contributed by atoms with E-state index >= 15 is 0 Å². The van der Waals surface area contributed by atoms with Crippen molar-refractivity contribution in [2.75, 3.05) is 84.2 Å². The second-order valence-electron chi connectivity index (χ2n) is 11.1. The first-order valence-corrected chi connectivity index (χ1v) is 20.8. The predicted molar refractivity (Wildman–Crippen MR) is 194 cm³/mol. The highest BCUT2D eigenvalue weighted by Crippen LogP contribution is 2.42. The summed E-state index contributed by atoms with van der Waals surface area (Å²) in [5, 5.41) is 19.5. The maximum Gasteiger partial charge on any atom is 0.407 e. The Balaban J connectivity index is 1.41. The lowest BCUT2D eigenvalue weighted by molar-refractivity contribution is 0.0469. The quantitative estimate of drug-likeness (QED) is 0.0458. The molecule has 2 N–H and O–H groups in total. The summed E-state index contributed by atoms with van der Waals surface area (Å²) in [5.41, 5.74) is 0.453. The van der Waals surface area contributed by atoms with Gasteiger partial charge >= 0.3 is 6.09 Å². The van der Waals surface area contributed by atoms with E-state index in [1.54, 1.807) is 29.8 Å². The van der Waals surface area contributed by atoms with Crippen LogP contribution in [0, 0.1) is 11.3 Å². The van der Waals surface area contributed by atoms with E-state index in [9.17, 15) is 10.1 Å². The fourth-order valence-electron chi connectivity index (χ4n) is 4.75. The number of halogens is 1. The van der Waals surface area contributed by atoms with Crippen LogP contribution < -0.4 is 25.9 Å². The number of thiophene rings is 2. The Morgan fingerprint density at radius 3 is 2.42 bits per heavy atom. The molecule has 45 heavy (non-hydrogen) atoms. The van der Waals surface area contributed by atoms with Crippen LogP contribution in [-0.4, -0.2) is 98.5 Å². The zero-order valence-corrected chi connectivity index (χ0v) is 30.9. The molecule has 0 bridgehead atoms. The minimum absolute atomic E-state index is 0.278. The summed E-state index contributed by atoms with van der Waals surface area (Å²) in [4.78, 5) is 18.3. The Morgan fingerprint density at radius 2 is 1.69 bits per heavy atom. The molecule has 0 fully saturated rings. The zero-order chi connectivity index (χ0) is 32.7. The third kappa shape index (κ3) is 11.3. The molecule has 3 heterocycles. The summed E-state index contributed by atoms with van der Waals surface area (Å²) in [6.45, 7) is 9.25. The molecule has 0 atom stereocenters. The van der Waals surface area contributed by atoms with E-state index in [-0.39, 0.29) is 6.61 Å². The van der Waals surface area contributed by atoms with Gasteiger partial charge in [0, 0.05) is 54.4 Å². The molecule has 0 radical (unpaired) electrons. The number of hydrogen-bond donors (Lipinski definition) is 2. The summed E-state index contributed by atoms with van der Waals surface area (Å²) in [6, 6.07) is 6.77. The van der Waals surface area contributed by atoms with Crippen LogP contribution in [0.1, 0.15) is 30.6 Å². The van der Waals surface area contributed by atoms with E-state index in [2.05, 4.69) is 46.8 Å². The molecule has 0 aromatic carbocycles. The van der Waals surface area contributed by atoms with Gasteiger partial charge in [-0.15, -0.1) is 34.3 Å². The van der Waals surface area contributed by atoms with E-state index in [4.69, 9.17) is 42.8 Å². The smallest absolute Gasteiger partial charge is 0.407 e. The average Bonchev–Trinajstić information content (AvgIpc) is 3.70. The molecule has 248 valence electrons. The Bertz CT molecular complexity index is 1330. The van der Waals surface area contributed by atoms with Gasteiger partial charge in [-0.1, -0.05) is 38.2 Å². The maximum absolute atomic E-state index is 12.1. The maximum atomic E-state index is 12.1. The van der Waals surface area contributed by atoms with Crippen LogP contribution in [0.15, 0.2) is 17.7 Å². The van der Waals surface area contributed by atoms with Gasteiger partial charge in [-0.3, -0.25) is 0 Å². The molecular weight excluding hydrogens is 668 g/mol. The van der Waals surface area contributed by atoms with Crippen LogP contribution in [-0.2, 0) is 18.9 Å². The SMILES string of the molecule is COCCNC(=S)/C(C#N)=C/c1cc2c(s1)-c1sc(N(C)CCOC(=O)NCCOCCOCCCCCCCl)cc1[Si]2(C)C. The highest BCUT2D eigenvalue weighted by Gasteiger charge is 2.41. The lowest BCUT2D eigenvalue weighted by atomic mass is 10.2. The molecule has 0 saturated heterocycles. The van der Waals surface area contributed by atoms with Gasteiger partial charge in [0.05, 0.1) is 43.5 Å². The number of thiocarbonyl (C=S) groups is 1. The number of rotatable bonds is 21. The summed E-state index contributed by atoms with van der Waals surface area (Å²) >= 11 is 14.6. The lowest BCUT2D eigenvalue weighted by Gasteiger charge is -2.19. The molecule has 1 amide bonds. The molecule has 14 heteroatoms. The van der Waals surface area contributed by atoms with E-state index in [0.29, 0.717) is 56.6 Å². The van der Waals surface area contributed by atoms with Gasteiger partial charge in [0.1, 0.15) is 25.7 Å².